The van der Waals surface area contributed by atoms with E-state index in [4.69, 9.17) is 0 Å². The van der Waals surface area contributed by atoms with E-state index in [1.165, 1.54) is 4.68 Å². The molecule has 2 amide bonds. The van der Waals surface area contributed by atoms with Gasteiger partial charge in [0.25, 0.3) is 5.91 Å². The molecular formula is C11H10N4O2S. The lowest BCUT2D eigenvalue weighted by molar-refractivity contribution is -0.136. The number of amides is 2. The summed E-state index contributed by atoms with van der Waals surface area (Å²) in [5, 5.41) is 14.2. The van der Waals surface area contributed by atoms with E-state index in [2.05, 4.69) is 15.6 Å². The largest absolute Gasteiger partial charge is 0.295 e. The number of piperidine rings is 1. The number of aromatic nitrogens is 3. The topological polar surface area (TPSA) is 76.9 Å². The molecule has 1 fully saturated rings. The first-order valence-electron chi connectivity index (χ1n) is 5.52. The smallest absolute Gasteiger partial charge is 0.251 e. The second-order valence-electron chi connectivity index (χ2n) is 4.06. The van der Waals surface area contributed by atoms with E-state index in [1.807, 2.05) is 16.8 Å². The van der Waals surface area contributed by atoms with Crippen LogP contribution < -0.4 is 5.32 Å². The van der Waals surface area contributed by atoms with Crippen molar-refractivity contribution in [3.05, 3.63) is 23.0 Å². The number of rotatable bonds is 2. The Morgan fingerprint density at radius 3 is 3.06 bits per heavy atom. The highest BCUT2D eigenvalue weighted by Gasteiger charge is 2.29. The molecule has 0 aromatic carbocycles. The Bertz CT molecular complexity index is 590. The maximum atomic E-state index is 11.7. The van der Waals surface area contributed by atoms with Crippen LogP contribution in [0.15, 0.2) is 23.0 Å². The molecule has 6 nitrogen and oxygen atoms in total. The first-order chi connectivity index (χ1) is 8.74. The Labute approximate surface area is 107 Å². The van der Waals surface area contributed by atoms with E-state index in [9.17, 15) is 9.59 Å². The molecule has 0 radical (unpaired) electrons. The molecule has 1 aliphatic rings. The fourth-order valence-electron chi connectivity index (χ4n) is 1.91. The van der Waals surface area contributed by atoms with Gasteiger partial charge in [-0.15, -0.1) is 5.10 Å². The van der Waals surface area contributed by atoms with Gasteiger partial charge in [0.15, 0.2) is 0 Å². The zero-order valence-electron chi connectivity index (χ0n) is 9.37. The molecule has 92 valence electrons. The molecule has 0 aliphatic carbocycles. The van der Waals surface area contributed by atoms with E-state index in [0.717, 1.165) is 11.3 Å². The Morgan fingerprint density at radius 1 is 1.44 bits per heavy atom. The fraction of sp³-hybridized carbons (Fsp3) is 0.273. The van der Waals surface area contributed by atoms with Gasteiger partial charge in [0, 0.05) is 17.4 Å². The fourth-order valence-corrected chi connectivity index (χ4v) is 2.56. The maximum absolute atomic E-state index is 11.7. The molecule has 2 aromatic heterocycles. The van der Waals surface area contributed by atoms with Gasteiger partial charge in [-0.05, 0) is 17.9 Å². The summed E-state index contributed by atoms with van der Waals surface area (Å²) < 4.78 is 1.52. The third kappa shape index (κ3) is 1.92. The summed E-state index contributed by atoms with van der Waals surface area (Å²) in [6.45, 7) is 0. The molecule has 1 aliphatic heterocycles. The molecule has 1 atom stereocenters. The number of imide groups is 1. The van der Waals surface area contributed by atoms with Crippen LogP contribution in [0.25, 0.3) is 11.3 Å². The zero-order valence-corrected chi connectivity index (χ0v) is 10.2. The summed E-state index contributed by atoms with van der Waals surface area (Å²) in [5.74, 6) is -0.539. The van der Waals surface area contributed by atoms with Crippen LogP contribution in [-0.2, 0) is 9.59 Å². The Hall–Kier alpha value is -2.02. The predicted molar refractivity (Wildman–Crippen MR) is 64.8 cm³/mol. The summed E-state index contributed by atoms with van der Waals surface area (Å²) in [6, 6.07) is 1.51. The lowest BCUT2D eigenvalue weighted by Gasteiger charge is -2.20. The van der Waals surface area contributed by atoms with Crippen molar-refractivity contribution in [3.63, 3.8) is 0 Å². The van der Waals surface area contributed by atoms with Crippen LogP contribution in [0.1, 0.15) is 18.9 Å². The number of nitrogens with one attached hydrogen (secondary N) is 1. The highest BCUT2D eigenvalue weighted by Crippen LogP contribution is 2.22. The van der Waals surface area contributed by atoms with Gasteiger partial charge in [0.2, 0.25) is 5.91 Å². The van der Waals surface area contributed by atoms with Crippen LogP contribution in [0.5, 0.6) is 0 Å². The van der Waals surface area contributed by atoms with Gasteiger partial charge in [-0.1, -0.05) is 5.21 Å². The molecule has 0 bridgehead atoms. The SMILES string of the molecule is O=C1CCC(n2cc(-c3ccsc3)nn2)C(=O)N1. The normalized spacial score (nSPS) is 19.9. The average Bonchev–Trinajstić information content (AvgIpc) is 2.99. The second kappa shape index (κ2) is 4.34. The van der Waals surface area contributed by atoms with Crippen molar-refractivity contribution in [2.75, 3.05) is 0 Å². The van der Waals surface area contributed by atoms with Gasteiger partial charge in [-0.25, -0.2) is 4.68 Å². The molecule has 2 aromatic rings. The van der Waals surface area contributed by atoms with Crippen LogP contribution >= 0.6 is 11.3 Å². The summed E-state index contributed by atoms with van der Waals surface area (Å²) in [4.78, 5) is 22.7. The van der Waals surface area contributed by atoms with Crippen LogP contribution in [0.2, 0.25) is 0 Å². The standard InChI is InChI=1S/C11H10N4O2S/c16-10-2-1-9(11(17)12-10)15-5-8(13-14-15)7-3-4-18-6-7/h3-6,9H,1-2H2,(H,12,16,17). The molecule has 1 unspecified atom stereocenters. The van der Waals surface area contributed by atoms with E-state index >= 15 is 0 Å². The summed E-state index contributed by atoms with van der Waals surface area (Å²) in [7, 11) is 0. The lowest BCUT2D eigenvalue weighted by atomic mass is 10.1. The number of carbonyl (C=O) groups excluding carboxylic acids is 2. The van der Waals surface area contributed by atoms with Crippen molar-refractivity contribution in [2.45, 2.75) is 18.9 Å². The van der Waals surface area contributed by atoms with E-state index < -0.39 is 6.04 Å². The van der Waals surface area contributed by atoms with Crippen molar-refractivity contribution >= 4 is 23.2 Å². The van der Waals surface area contributed by atoms with E-state index in [0.29, 0.717) is 12.8 Å². The molecule has 0 saturated carbocycles. The minimum absolute atomic E-state index is 0.227. The quantitative estimate of drug-likeness (QED) is 0.819. The summed E-state index contributed by atoms with van der Waals surface area (Å²) in [6.07, 6.45) is 2.54. The Kier molecular flexibility index (Phi) is 2.67. The zero-order chi connectivity index (χ0) is 12.5. The van der Waals surface area contributed by atoms with Crippen LogP contribution in [0.4, 0.5) is 0 Å². The number of nitrogens with zero attached hydrogens (tertiary/aromatic N) is 3. The number of thiophene rings is 1. The number of carbonyl (C=O) groups is 2. The van der Waals surface area contributed by atoms with Crippen molar-refractivity contribution < 1.29 is 9.59 Å². The molecule has 0 spiro atoms. The molecule has 1 N–H and O–H groups in total. The van der Waals surface area contributed by atoms with Crippen molar-refractivity contribution in [1.82, 2.24) is 20.3 Å². The van der Waals surface area contributed by atoms with Crippen molar-refractivity contribution in [2.24, 2.45) is 0 Å². The molecule has 18 heavy (non-hydrogen) atoms. The number of hydrogen-bond donors (Lipinski definition) is 1. The van der Waals surface area contributed by atoms with Crippen LogP contribution in [-0.4, -0.2) is 26.8 Å². The minimum Gasteiger partial charge on any atom is -0.295 e. The van der Waals surface area contributed by atoms with Crippen LogP contribution in [0.3, 0.4) is 0 Å². The molecular weight excluding hydrogens is 252 g/mol. The number of hydrogen-bond acceptors (Lipinski definition) is 5. The average molecular weight is 262 g/mol. The first-order valence-corrected chi connectivity index (χ1v) is 6.46. The monoisotopic (exact) mass is 262 g/mol. The highest BCUT2D eigenvalue weighted by atomic mass is 32.1. The van der Waals surface area contributed by atoms with Gasteiger partial charge >= 0.3 is 0 Å². The molecule has 3 rings (SSSR count). The van der Waals surface area contributed by atoms with E-state index in [-0.39, 0.29) is 11.8 Å². The summed E-state index contributed by atoms with van der Waals surface area (Å²) >= 11 is 1.58. The predicted octanol–water partition coefficient (Wildman–Crippen LogP) is 0.984. The molecule has 7 heteroatoms. The summed E-state index contributed by atoms with van der Waals surface area (Å²) in [5.41, 5.74) is 1.72. The van der Waals surface area contributed by atoms with Gasteiger partial charge in [-0.3, -0.25) is 14.9 Å². The maximum Gasteiger partial charge on any atom is 0.251 e. The van der Waals surface area contributed by atoms with Gasteiger partial charge in [0.1, 0.15) is 11.7 Å². The van der Waals surface area contributed by atoms with Gasteiger partial charge in [0.05, 0.1) is 6.20 Å². The highest BCUT2D eigenvalue weighted by molar-refractivity contribution is 7.08. The van der Waals surface area contributed by atoms with Crippen molar-refractivity contribution in [1.29, 1.82) is 0 Å². The Morgan fingerprint density at radius 2 is 2.33 bits per heavy atom. The van der Waals surface area contributed by atoms with Gasteiger partial charge in [-0.2, -0.15) is 11.3 Å². The Balaban J connectivity index is 1.85. The third-order valence-corrected chi connectivity index (χ3v) is 3.54. The lowest BCUT2D eigenvalue weighted by Crippen LogP contribution is -2.41. The van der Waals surface area contributed by atoms with Gasteiger partial charge < -0.3 is 0 Å². The molecule has 1 saturated heterocycles. The second-order valence-corrected chi connectivity index (χ2v) is 4.84. The van der Waals surface area contributed by atoms with Crippen LogP contribution in [0, 0.1) is 0 Å². The molecule has 3 heterocycles. The van der Waals surface area contributed by atoms with E-state index in [1.54, 1.807) is 17.5 Å². The third-order valence-electron chi connectivity index (χ3n) is 2.86. The first kappa shape index (κ1) is 11.1. The minimum atomic E-state index is -0.442. The van der Waals surface area contributed by atoms with Crippen molar-refractivity contribution in [3.8, 4) is 11.3 Å².